The van der Waals surface area contributed by atoms with Gasteiger partial charge in [-0.15, -0.1) is 24.8 Å². The predicted molar refractivity (Wildman–Crippen MR) is 122 cm³/mol. The molecule has 5 nitrogen and oxygen atoms in total. The van der Waals surface area contributed by atoms with Crippen molar-refractivity contribution < 1.29 is 9.53 Å². The van der Waals surface area contributed by atoms with Crippen LogP contribution in [0.15, 0.2) is 48.5 Å². The number of hydrogen-bond acceptors (Lipinski definition) is 4. The van der Waals surface area contributed by atoms with Crippen LogP contribution < -0.4 is 10.2 Å². The molecule has 1 atom stereocenters. The third kappa shape index (κ3) is 5.56. The molecule has 8 heteroatoms. The highest BCUT2D eigenvalue weighted by Crippen LogP contribution is 2.27. The first kappa shape index (κ1) is 23.8. The lowest BCUT2D eigenvalue weighted by Crippen LogP contribution is -2.48. The van der Waals surface area contributed by atoms with E-state index in [0.717, 1.165) is 56.2 Å². The number of ether oxygens (including phenoxy) is 1. The maximum atomic E-state index is 13.2. The molecule has 2 aliphatic heterocycles. The first-order valence-corrected chi connectivity index (χ1v) is 9.80. The van der Waals surface area contributed by atoms with Crippen LogP contribution in [0.25, 0.3) is 0 Å². The standard InChI is InChI=1S/C21H24ClN3O2.2ClH/c22-18-3-1-2-17(14-18)20-15-23-8-9-25(20)21(26)16-4-6-19(7-5-16)24-10-12-27-13-11-24;;/h1-7,14,20,23H,8-13,15H2;2*1H. The van der Waals surface area contributed by atoms with Gasteiger partial charge in [-0.3, -0.25) is 4.79 Å². The fourth-order valence-corrected chi connectivity index (χ4v) is 3.96. The number of nitrogens with zero attached hydrogens (tertiary/aromatic N) is 2. The Balaban J connectivity index is 0.00000150. The van der Waals surface area contributed by atoms with Crippen molar-refractivity contribution in [2.45, 2.75) is 6.04 Å². The number of carbonyl (C=O) groups is 1. The van der Waals surface area contributed by atoms with Gasteiger partial charge in [-0.2, -0.15) is 0 Å². The molecule has 0 bridgehead atoms. The first-order valence-electron chi connectivity index (χ1n) is 9.42. The molecule has 0 aromatic heterocycles. The maximum absolute atomic E-state index is 13.2. The second-order valence-electron chi connectivity index (χ2n) is 6.92. The highest BCUT2D eigenvalue weighted by Gasteiger charge is 2.28. The minimum atomic E-state index is -0.0103. The lowest BCUT2D eigenvalue weighted by molar-refractivity contribution is 0.0634. The molecule has 1 amide bonds. The topological polar surface area (TPSA) is 44.8 Å². The molecule has 29 heavy (non-hydrogen) atoms. The molecular weight excluding hydrogens is 433 g/mol. The van der Waals surface area contributed by atoms with Crippen molar-refractivity contribution in [3.05, 3.63) is 64.7 Å². The number of hydrogen-bond donors (Lipinski definition) is 1. The van der Waals surface area contributed by atoms with E-state index in [2.05, 4.69) is 10.2 Å². The van der Waals surface area contributed by atoms with E-state index >= 15 is 0 Å². The zero-order chi connectivity index (χ0) is 18.6. The summed E-state index contributed by atoms with van der Waals surface area (Å²) in [7, 11) is 0. The number of carbonyl (C=O) groups excluding carboxylic acids is 1. The van der Waals surface area contributed by atoms with E-state index in [9.17, 15) is 4.79 Å². The van der Waals surface area contributed by atoms with Gasteiger partial charge in [0.2, 0.25) is 0 Å². The Hall–Kier alpha value is -1.50. The van der Waals surface area contributed by atoms with Gasteiger partial charge in [0.05, 0.1) is 19.3 Å². The summed E-state index contributed by atoms with van der Waals surface area (Å²) in [5, 5.41) is 4.08. The zero-order valence-corrected chi connectivity index (χ0v) is 18.4. The molecule has 2 fully saturated rings. The Bertz CT molecular complexity index is 798. The third-order valence-electron chi connectivity index (χ3n) is 5.23. The largest absolute Gasteiger partial charge is 0.378 e. The highest BCUT2D eigenvalue weighted by atomic mass is 35.5. The van der Waals surface area contributed by atoms with E-state index in [4.69, 9.17) is 16.3 Å². The Labute approximate surface area is 189 Å². The molecule has 1 N–H and O–H groups in total. The van der Waals surface area contributed by atoms with Crippen molar-refractivity contribution >= 4 is 48.0 Å². The van der Waals surface area contributed by atoms with Crippen LogP contribution in [-0.4, -0.2) is 56.7 Å². The molecule has 2 aromatic rings. The number of rotatable bonds is 3. The molecule has 0 saturated carbocycles. The van der Waals surface area contributed by atoms with E-state index in [1.165, 1.54) is 0 Å². The van der Waals surface area contributed by atoms with Gasteiger partial charge in [-0.1, -0.05) is 23.7 Å². The van der Waals surface area contributed by atoms with Crippen molar-refractivity contribution in [2.75, 3.05) is 50.8 Å². The molecule has 4 rings (SSSR count). The van der Waals surface area contributed by atoms with E-state index in [1.807, 2.05) is 53.4 Å². The van der Waals surface area contributed by atoms with Crippen LogP contribution >= 0.6 is 36.4 Å². The zero-order valence-electron chi connectivity index (χ0n) is 16.1. The molecule has 2 saturated heterocycles. The monoisotopic (exact) mass is 457 g/mol. The summed E-state index contributed by atoms with van der Waals surface area (Å²) in [6, 6.07) is 15.7. The third-order valence-corrected chi connectivity index (χ3v) is 5.46. The smallest absolute Gasteiger partial charge is 0.254 e. The summed E-state index contributed by atoms with van der Waals surface area (Å²) >= 11 is 6.16. The molecule has 2 heterocycles. The Kier molecular flexibility index (Phi) is 9.05. The van der Waals surface area contributed by atoms with Crippen LogP contribution in [0.5, 0.6) is 0 Å². The van der Waals surface area contributed by atoms with Crippen molar-refractivity contribution in [3.8, 4) is 0 Å². The number of halogens is 3. The molecule has 158 valence electrons. The van der Waals surface area contributed by atoms with E-state index in [1.54, 1.807) is 0 Å². The van der Waals surface area contributed by atoms with Crippen molar-refractivity contribution in [1.82, 2.24) is 10.2 Å². The summed E-state index contributed by atoms with van der Waals surface area (Å²) in [4.78, 5) is 17.4. The van der Waals surface area contributed by atoms with Crippen LogP contribution in [-0.2, 0) is 4.74 Å². The van der Waals surface area contributed by atoms with Gasteiger partial charge >= 0.3 is 0 Å². The molecule has 1 unspecified atom stereocenters. The average Bonchev–Trinajstić information content (AvgIpc) is 2.74. The predicted octanol–water partition coefficient (Wildman–Crippen LogP) is 3.81. The number of benzene rings is 2. The molecule has 0 radical (unpaired) electrons. The second-order valence-corrected chi connectivity index (χ2v) is 7.36. The van der Waals surface area contributed by atoms with Gasteiger partial charge in [0.15, 0.2) is 0 Å². The molecule has 2 aliphatic rings. The summed E-state index contributed by atoms with van der Waals surface area (Å²) < 4.78 is 5.41. The van der Waals surface area contributed by atoms with Gasteiger partial charge in [-0.05, 0) is 42.0 Å². The fraction of sp³-hybridized carbons (Fsp3) is 0.381. The number of anilines is 1. The summed E-state index contributed by atoms with van der Waals surface area (Å²) in [5.74, 6) is 0.0648. The van der Waals surface area contributed by atoms with Crippen molar-refractivity contribution in [3.63, 3.8) is 0 Å². The number of piperazine rings is 1. The van der Waals surface area contributed by atoms with Gasteiger partial charge in [0, 0.05) is 49.0 Å². The SMILES string of the molecule is Cl.Cl.O=C(c1ccc(N2CCOCC2)cc1)N1CCNCC1c1cccc(Cl)c1. The molecule has 0 aliphatic carbocycles. The van der Waals surface area contributed by atoms with Gasteiger partial charge in [-0.25, -0.2) is 0 Å². The second kappa shape index (κ2) is 11.0. The van der Waals surface area contributed by atoms with Crippen LogP contribution in [0.1, 0.15) is 22.0 Å². The number of nitrogens with one attached hydrogen (secondary N) is 1. The maximum Gasteiger partial charge on any atom is 0.254 e. The quantitative estimate of drug-likeness (QED) is 0.760. The summed E-state index contributed by atoms with van der Waals surface area (Å²) in [6.45, 7) is 5.50. The Morgan fingerprint density at radius 3 is 2.45 bits per heavy atom. The van der Waals surface area contributed by atoms with E-state index in [0.29, 0.717) is 11.6 Å². The highest BCUT2D eigenvalue weighted by molar-refractivity contribution is 6.30. The molecule has 2 aromatic carbocycles. The summed E-state index contributed by atoms with van der Waals surface area (Å²) in [5.41, 5.74) is 2.93. The number of amides is 1. The average molecular weight is 459 g/mol. The minimum Gasteiger partial charge on any atom is -0.378 e. The first-order chi connectivity index (χ1) is 13.2. The van der Waals surface area contributed by atoms with E-state index < -0.39 is 0 Å². The fourth-order valence-electron chi connectivity index (χ4n) is 3.76. The molecular formula is C21H26Cl3N3O2. The number of morpholine rings is 1. The van der Waals surface area contributed by atoms with Gasteiger partial charge < -0.3 is 19.9 Å². The van der Waals surface area contributed by atoms with Crippen LogP contribution in [0.4, 0.5) is 5.69 Å². The van der Waals surface area contributed by atoms with Crippen LogP contribution in [0, 0.1) is 0 Å². The van der Waals surface area contributed by atoms with Gasteiger partial charge in [0.1, 0.15) is 0 Å². The van der Waals surface area contributed by atoms with Crippen LogP contribution in [0.3, 0.4) is 0 Å². The summed E-state index contributed by atoms with van der Waals surface area (Å²) in [6.07, 6.45) is 0. The minimum absolute atomic E-state index is 0. The lowest BCUT2D eigenvalue weighted by Gasteiger charge is -2.37. The van der Waals surface area contributed by atoms with Crippen molar-refractivity contribution in [1.29, 1.82) is 0 Å². The molecule has 0 spiro atoms. The normalized spacial score (nSPS) is 19.1. The van der Waals surface area contributed by atoms with Crippen LogP contribution in [0.2, 0.25) is 5.02 Å². The van der Waals surface area contributed by atoms with E-state index in [-0.39, 0.29) is 36.8 Å². The Morgan fingerprint density at radius 2 is 1.76 bits per heavy atom. The Morgan fingerprint density at radius 1 is 1.03 bits per heavy atom. The van der Waals surface area contributed by atoms with Gasteiger partial charge in [0.25, 0.3) is 5.91 Å². The lowest BCUT2D eigenvalue weighted by atomic mass is 10.0. The van der Waals surface area contributed by atoms with Crippen molar-refractivity contribution in [2.24, 2.45) is 0 Å².